The molecule has 3 heterocycles. The summed E-state index contributed by atoms with van der Waals surface area (Å²) in [6.07, 6.45) is 7.03. The van der Waals surface area contributed by atoms with Gasteiger partial charge in [-0.3, -0.25) is 19.4 Å². The molecule has 3 aromatic rings. The zero-order valence-corrected chi connectivity index (χ0v) is 20.9. The molecule has 2 amide bonds. The molecule has 1 aliphatic heterocycles. The highest BCUT2D eigenvalue weighted by Gasteiger charge is 2.29. The number of carboxylic acid groups (broad SMARTS) is 1. The first-order valence-electron chi connectivity index (χ1n) is 11.1. The number of aromatic nitrogens is 1. The van der Waals surface area contributed by atoms with Crippen LogP contribution in [-0.4, -0.2) is 45.9 Å². The van der Waals surface area contributed by atoms with Gasteiger partial charge in [-0.2, -0.15) is 0 Å². The van der Waals surface area contributed by atoms with Crippen LogP contribution in [-0.2, 0) is 14.4 Å². The van der Waals surface area contributed by atoms with Crippen molar-refractivity contribution < 1.29 is 19.5 Å². The van der Waals surface area contributed by atoms with Gasteiger partial charge in [-0.15, -0.1) is 11.3 Å². The van der Waals surface area contributed by atoms with Gasteiger partial charge in [0.15, 0.2) is 0 Å². The van der Waals surface area contributed by atoms with E-state index in [0.29, 0.717) is 47.1 Å². The molecule has 1 aromatic carbocycles. The fourth-order valence-electron chi connectivity index (χ4n) is 4.12. The normalized spacial score (nSPS) is 15.4. The predicted molar refractivity (Wildman–Crippen MR) is 138 cm³/mol. The Morgan fingerprint density at radius 3 is 2.69 bits per heavy atom. The summed E-state index contributed by atoms with van der Waals surface area (Å²) in [5, 5.41) is 15.9. The Kier molecular flexibility index (Phi) is 8.05. The van der Waals surface area contributed by atoms with Gasteiger partial charge >= 0.3 is 5.97 Å². The van der Waals surface area contributed by atoms with Gasteiger partial charge in [-0.1, -0.05) is 29.3 Å². The third-order valence-corrected chi connectivity index (χ3v) is 7.96. The second-order valence-corrected chi connectivity index (χ2v) is 9.98. The summed E-state index contributed by atoms with van der Waals surface area (Å²) in [5.41, 5.74) is 1.31. The number of nitrogens with zero attached hydrogens (tertiary/aromatic N) is 2. The first kappa shape index (κ1) is 25.2. The van der Waals surface area contributed by atoms with E-state index in [4.69, 9.17) is 23.2 Å². The first-order chi connectivity index (χ1) is 16.8. The fraction of sp³-hybridized carbons (Fsp3) is 0.280. The molecule has 4 rings (SSSR count). The molecule has 0 aliphatic carbocycles. The molecule has 2 N–H and O–H groups in total. The highest BCUT2D eigenvalue weighted by molar-refractivity contribution is 7.18. The van der Waals surface area contributed by atoms with Crippen molar-refractivity contribution in [2.24, 2.45) is 5.92 Å². The van der Waals surface area contributed by atoms with Crippen LogP contribution in [0.4, 0.5) is 0 Å². The van der Waals surface area contributed by atoms with Gasteiger partial charge < -0.3 is 15.3 Å². The zero-order valence-electron chi connectivity index (χ0n) is 18.6. The third kappa shape index (κ3) is 6.01. The highest BCUT2D eigenvalue weighted by Crippen LogP contribution is 2.37. The molecule has 10 heteroatoms. The quantitative estimate of drug-likeness (QED) is 0.408. The molecule has 0 radical (unpaired) electrons. The van der Waals surface area contributed by atoms with E-state index in [0.717, 1.165) is 10.1 Å². The average molecular weight is 532 g/mol. The number of rotatable bonds is 7. The topological polar surface area (TPSA) is 99.6 Å². The van der Waals surface area contributed by atoms with E-state index < -0.39 is 12.0 Å². The number of piperidine rings is 1. The maximum Gasteiger partial charge on any atom is 0.305 e. The number of likely N-dealkylation sites (tertiary alicyclic amines) is 1. The summed E-state index contributed by atoms with van der Waals surface area (Å²) < 4.78 is 0.912. The Balaban J connectivity index is 1.35. The lowest BCUT2D eigenvalue weighted by Crippen LogP contribution is -2.43. The second-order valence-electron chi connectivity index (χ2n) is 8.31. The van der Waals surface area contributed by atoms with Gasteiger partial charge in [-0.05, 0) is 59.0 Å². The summed E-state index contributed by atoms with van der Waals surface area (Å²) in [7, 11) is 0. The van der Waals surface area contributed by atoms with Crippen molar-refractivity contribution in [3.8, 4) is 0 Å². The van der Waals surface area contributed by atoms with Gasteiger partial charge in [0, 0.05) is 37.5 Å². The molecule has 0 saturated carbocycles. The Morgan fingerprint density at radius 2 is 2.00 bits per heavy atom. The third-order valence-electron chi connectivity index (χ3n) is 6.02. The Bertz CT molecular complexity index is 1270. The molecule has 1 aliphatic rings. The van der Waals surface area contributed by atoms with Crippen molar-refractivity contribution >= 4 is 68.5 Å². The molecular formula is C25H23Cl2N3O4S. The number of carbonyl (C=O) groups is 3. The van der Waals surface area contributed by atoms with Crippen LogP contribution < -0.4 is 5.32 Å². The second kappa shape index (κ2) is 11.2. The van der Waals surface area contributed by atoms with E-state index in [-0.39, 0.29) is 24.2 Å². The van der Waals surface area contributed by atoms with Crippen molar-refractivity contribution in [3.05, 3.63) is 69.3 Å². The lowest BCUT2D eigenvalue weighted by atomic mass is 9.94. The smallest absolute Gasteiger partial charge is 0.305 e. The minimum Gasteiger partial charge on any atom is -0.481 e. The largest absolute Gasteiger partial charge is 0.481 e. The summed E-state index contributed by atoms with van der Waals surface area (Å²) in [6, 6.07) is 6.63. The SMILES string of the molecule is O=C(O)C[C@H](NC(=O)C1CCN(C(=O)/C=C/c2cc3ccsc3c(Cl)c2Cl)CC1)c1cccnc1. The summed E-state index contributed by atoms with van der Waals surface area (Å²) in [5.74, 6) is -1.69. The van der Waals surface area contributed by atoms with Crippen molar-refractivity contribution in [1.82, 2.24) is 15.2 Å². The van der Waals surface area contributed by atoms with E-state index in [9.17, 15) is 19.5 Å². The Hall–Kier alpha value is -2.94. The molecule has 7 nitrogen and oxygen atoms in total. The van der Waals surface area contributed by atoms with E-state index >= 15 is 0 Å². The van der Waals surface area contributed by atoms with Crippen molar-refractivity contribution in [3.63, 3.8) is 0 Å². The Morgan fingerprint density at radius 1 is 1.23 bits per heavy atom. The number of fused-ring (bicyclic) bond motifs is 1. The van der Waals surface area contributed by atoms with Gasteiger partial charge in [0.25, 0.3) is 0 Å². The number of benzene rings is 1. The van der Waals surface area contributed by atoms with Crippen molar-refractivity contribution in [1.29, 1.82) is 0 Å². The van der Waals surface area contributed by atoms with Gasteiger partial charge in [0.1, 0.15) is 0 Å². The number of thiophene rings is 1. The van der Waals surface area contributed by atoms with Gasteiger partial charge in [0.05, 0.1) is 27.2 Å². The van der Waals surface area contributed by atoms with Crippen molar-refractivity contribution in [2.45, 2.75) is 25.3 Å². The van der Waals surface area contributed by atoms with Crippen LogP contribution in [0.15, 0.2) is 48.1 Å². The van der Waals surface area contributed by atoms with Gasteiger partial charge in [-0.25, -0.2) is 0 Å². The minimum absolute atomic E-state index is 0.166. The number of hydrogen-bond donors (Lipinski definition) is 2. The number of amides is 2. The maximum absolute atomic E-state index is 12.8. The molecule has 1 fully saturated rings. The van der Waals surface area contributed by atoms with Crippen LogP contribution in [0.5, 0.6) is 0 Å². The number of nitrogens with one attached hydrogen (secondary N) is 1. The number of hydrogen-bond acceptors (Lipinski definition) is 5. The standard InChI is InChI=1S/C25H23Cl2N3O4S/c26-22-16(12-17-7-11-35-24(17)23(22)27)3-4-20(31)30-9-5-15(6-10-30)25(34)29-19(13-21(32)33)18-2-1-8-28-14-18/h1-4,7-8,11-12,14-15,19H,5-6,9-10,13H2,(H,29,34)(H,32,33)/b4-3+/t19-/m0/s1. The molecule has 35 heavy (non-hydrogen) atoms. The highest BCUT2D eigenvalue weighted by atomic mass is 35.5. The van der Waals surface area contributed by atoms with Crippen LogP contribution in [0.3, 0.4) is 0 Å². The fourth-order valence-corrected chi connectivity index (χ4v) is 5.56. The van der Waals surface area contributed by atoms with Crippen LogP contribution in [0.25, 0.3) is 16.2 Å². The molecular weight excluding hydrogens is 509 g/mol. The minimum atomic E-state index is -1.01. The summed E-state index contributed by atoms with van der Waals surface area (Å²) in [6.45, 7) is 0.853. The number of halogens is 2. The van der Waals surface area contributed by atoms with Crippen LogP contribution in [0, 0.1) is 5.92 Å². The molecule has 0 unspecified atom stereocenters. The van der Waals surface area contributed by atoms with Gasteiger partial charge in [0.2, 0.25) is 11.8 Å². The first-order valence-corrected chi connectivity index (χ1v) is 12.7. The maximum atomic E-state index is 12.8. The summed E-state index contributed by atoms with van der Waals surface area (Å²) >= 11 is 14.3. The number of pyridine rings is 1. The lowest BCUT2D eigenvalue weighted by molar-refractivity contribution is -0.138. The van der Waals surface area contributed by atoms with E-state index in [1.165, 1.54) is 17.4 Å². The number of carboxylic acids is 1. The number of aliphatic carboxylic acids is 1. The monoisotopic (exact) mass is 531 g/mol. The molecule has 182 valence electrons. The molecule has 2 aromatic heterocycles. The van der Waals surface area contributed by atoms with E-state index in [1.807, 2.05) is 17.5 Å². The molecule has 0 spiro atoms. The average Bonchev–Trinajstić information content (AvgIpc) is 3.34. The predicted octanol–water partition coefficient (Wildman–Crippen LogP) is 5.19. The molecule has 1 saturated heterocycles. The van der Waals surface area contributed by atoms with Crippen LogP contribution >= 0.6 is 34.5 Å². The van der Waals surface area contributed by atoms with E-state index in [1.54, 1.807) is 35.5 Å². The Labute approximate surface area is 216 Å². The molecule has 1 atom stereocenters. The van der Waals surface area contributed by atoms with Crippen molar-refractivity contribution in [2.75, 3.05) is 13.1 Å². The summed E-state index contributed by atoms with van der Waals surface area (Å²) in [4.78, 5) is 42.5. The number of carbonyl (C=O) groups excluding carboxylic acids is 2. The lowest BCUT2D eigenvalue weighted by Gasteiger charge is -2.31. The van der Waals surface area contributed by atoms with Crippen LogP contribution in [0.2, 0.25) is 10.0 Å². The van der Waals surface area contributed by atoms with Crippen LogP contribution in [0.1, 0.15) is 36.4 Å². The van der Waals surface area contributed by atoms with E-state index in [2.05, 4.69) is 10.3 Å². The molecule has 0 bridgehead atoms. The zero-order chi connectivity index (χ0) is 24.9.